The molecule has 0 saturated carbocycles. The number of carbonyl (C=O) groups excluding carboxylic acids is 2. The fourth-order valence-electron chi connectivity index (χ4n) is 2.20. The van der Waals surface area contributed by atoms with E-state index in [0.717, 1.165) is 0 Å². The van der Waals surface area contributed by atoms with Crippen molar-refractivity contribution in [2.24, 2.45) is 5.92 Å². The number of benzene rings is 2. The fourth-order valence-corrected chi connectivity index (χ4v) is 2.38. The first-order valence-corrected chi connectivity index (χ1v) is 8.85. The van der Waals surface area contributed by atoms with Crippen molar-refractivity contribution < 1.29 is 14.3 Å². The van der Waals surface area contributed by atoms with Gasteiger partial charge in [-0.25, -0.2) is 0 Å². The Kier molecular flexibility index (Phi) is 7.04. The van der Waals surface area contributed by atoms with Crippen LogP contribution in [0.25, 0.3) is 0 Å². The van der Waals surface area contributed by atoms with Crippen molar-refractivity contribution in [1.29, 1.82) is 0 Å². The highest BCUT2D eigenvalue weighted by Crippen LogP contribution is 2.24. The summed E-state index contributed by atoms with van der Waals surface area (Å²) in [5, 5.41) is 6.03. The van der Waals surface area contributed by atoms with Gasteiger partial charge in [-0.15, -0.1) is 0 Å². The molecule has 26 heavy (non-hydrogen) atoms. The van der Waals surface area contributed by atoms with Gasteiger partial charge in [-0.3, -0.25) is 9.59 Å². The molecule has 0 aliphatic heterocycles. The number of hydrogen-bond acceptors (Lipinski definition) is 3. The van der Waals surface area contributed by atoms with Crippen molar-refractivity contribution in [3.63, 3.8) is 0 Å². The molecule has 0 radical (unpaired) electrons. The smallest absolute Gasteiger partial charge is 0.265 e. The van der Waals surface area contributed by atoms with E-state index in [4.69, 9.17) is 16.3 Å². The van der Waals surface area contributed by atoms with Crippen LogP contribution in [0.3, 0.4) is 0 Å². The second-order valence-corrected chi connectivity index (χ2v) is 6.74. The molecule has 0 bridgehead atoms. The third-order valence-electron chi connectivity index (χ3n) is 3.61. The lowest BCUT2D eigenvalue weighted by Gasteiger charge is -2.17. The lowest BCUT2D eigenvalue weighted by atomic mass is 10.1. The fraction of sp³-hybridized carbons (Fsp3) is 0.300. The number of anilines is 1. The van der Waals surface area contributed by atoms with Crippen LogP contribution in [0.5, 0.6) is 5.75 Å². The molecule has 2 aromatic rings. The maximum Gasteiger partial charge on any atom is 0.265 e. The third-order valence-corrected chi connectivity index (χ3v) is 3.92. The molecule has 2 rings (SSSR count). The highest BCUT2D eigenvalue weighted by molar-refractivity contribution is 6.32. The number of carbonyl (C=O) groups is 2. The van der Waals surface area contributed by atoms with Gasteiger partial charge in [-0.05, 0) is 37.1 Å². The monoisotopic (exact) mass is 374 g/mol. The zero-order chi connectivity index (χ0) is 19.1. The number of para-hydroxylation sites is 2. The van der Waals surface area contributed by atoms with Crippen LogP contribution in [0.2, 0.25) is 5.02 Å². The summed E-state index contributed by atoms with van der Waals surface area (Å²) in [7, 11) is 0. The maximum atomic E-state index is 12.5. The summed E-state index contributed by atoms with van der Waals surface area (Å²) in [5.41, 5.74) is 0.847. The number of nitrogens with one attached hydrogen (secondary N) is 2. The lowest BCUT2D eigenvalue weighted by molar-refractivity contribution is -0.122. The molecule has 0 heterocycles. The second-order valence-electron chi connectivity index (χ2n) is 6.33. The first-order valence-electron chi connectivity index (χ1n) is 8.47. The Morgan fingerprint density at radius 3 is 2.38 bits per heavy atom. The molecule has 2 aromatic carbocycles. The summed E-state index contributed by atoms with van der Waals surface area (Å²) in [5.74, 6) is 0.174. The molecular formula is C20H23ClN2O3. The van der Waals surface area contributed by atoms with Crippen LogP contribution in [-0.2, 0) is 4.79 Å². The van der Waals surface area contributed by atoms with Gasteiger partial charge in [0.15, 0.2) is 6.10 Å². The molecule has 0 aliphatic rings. The Bertz CT molecular complexity index is 777. The van der Waals surface area contributed by atoms with Gasteiger partial charge >= 0.3 is 0 Å². The molecule has 5 nitrogen and oxygen atoms in total. The molecule has 0 aliphatic carbocycles. The Balaban J connectivity index is 2.06. The molecular weight excluding hydrogens is 352 g/mol. The van der Waals surface area contributed by atoms with E-state index in [2.05, 4.69) is 10.6 Å². The number of halogens is 1. The van der Waals surface area contributed by atoms with E-state index in [1.807, 2.05) is 13.8 Å². The standard InChI is InChI=1S/C20H23ClN2O3/c1-13(2)12-22-20(25)15-8-4-6-10-17(15)23-19(24)14(3)26-18-11-7-5-9-16(18)21/h4-11,13-14H,12H2,1-3H3,(H,22,25)(H,23,24). The molecule has 138 valence electrons. The van der Waals surface area contributed by atoms with Crippen LogP contribution in [0.1, 0.15) is 31.1 Å². The summed E-state index contributed by atoms with van der Waals surface area (Å²) in [6.45, 7) is 6.22. The second kappa shape index (κ2) is 9.25. The Hall–Kier alpha value is -2.53. The van der Waals surface area contributed by atoms with E-state index in [1.165, 1.54) is 0 Å². The van der Waals surface area contributed by atoms with Gasteiger partial charge in [0.2, 0.25) is 0 Å². The van der Waals surface area contributed by atoms with E-state index in [1.54, 1.807) is 55.5 Å². The minimum atomic E-state index is -0.776. The molecule has 0 saturated heterocycles. The van der Waals surface area contributed by atoms with E-state index >= 15 is 0 Å². The van der Waals surface area contributed by atoms with Gasteiger partial charge < -0.3 is 15.4 Å². The highest BCUT2D eigenvalue weighted by Gasteiger charge is 2.19. The number of amides is 2. The van der Waals surface area contributed by atoms with E-state index in [9.17, 15) is 9.59 Å². The largest absolute Gasteiger partial charge is 0.479 e. The van der Waals surface area contributed by atoms with E-state index in [-0.39, 0.29) is 11.8 Å². The summed E-state index contributed by atoms with van der Waals surface area (Å²) in [4.78, 5) is 24.8. The Labute approximate surface area is 158 Å². The molecule has 0 spiro atoms. The molecule has 1 unspecified atom stereocenters. The number of ether oxygens (including phenoxy) is 1. The molecule has 2 N–H and O–H groups in total. The quantitative estimate of drug-likeness (QED) is 0.765. The average molecular weight is 375 g/mol. The minimum absolute atomic E-state index is 0.228. The van der Waals surface area contributed by atoms with Crippen LogP contribution in [0.4, 0.5) is 5.69 Å². The Morgan fingerprint density at radius 2 is 1.69 bits per heavy atom. The van der Waals surface area contributed by atoms with Crippen LogP contribution in [-0.4, -0.2) is 24.5 Å². The minimum Gasteiger partial charge on any atom is -0.479 e. The van der Waals surface area contributed by atoms with Crippen molar-refractivity contribution in [2.75, 3.05) is 11.9 Å². The van der Waals surface area contributed by atoms with Crippen LogP contribution >= 0.6 is 11.6 Å². The van der Waals surface area contributed by atoms with Gasteiger partial charge in [0.25, 0.3) is 11.8 Å². The molecule has 0 aromatic heterocycles. The van der Waals surface area contributed by atoms with Crippen molar-refractivity contribution in [1.82, 2.24) is 5.32 Å². The number of rotatable bonds is 7. The lowest BCUT2D eigenvalue weighted by Crippen LogP contribution is -2.32. The number of hydrogen-bond donors (Lipinski definition) is 2. The third kappa shape index (κ3) is 5.49. The zero-order valence-corrected chi connectivity index (χ0v) is 15.8. The van der Waals surface area contributed by atoms with Gasteiger partial charge in [-0.2, -0.15) is 0 Å². The van der Waals surface area contributed by atoms with Crippen LogP contribution in [0, 0.1) is 5.92 Å². The summed E-state index contributed by atoms with van der Waals surface area (Å²) < 4.78 is 5.61. The highest BCUT2D eigenvalue weighted by atomic mass is 35.5. The van der Waals surface area contributed by atoms with Crippen molar-refractivity contribution in [3.8, 4) is 5.75 Å². The first kappa shape index (κ1) is 19.8. The van der Waals surface area contributed by atoms with Crippen LogP contribution in [0.15, 0.2) is 48.5 Å². The Morgan fingerprint density at radius 1 is 1.04 bits per heavy atom. The topological polar surface area (TPSA) is 67.4 Å². The normalized spacial score (nSPS) is 11.7. The van der Waals surface area contributed by atoms with Crippen molar-refractivity contribution >= 4 is 29.1 Å². The average Bonchev–Trinajstić information content (AvgIpc) is 2.62. The molecule has 1 atom stereocenters. The first-order chi connectivity index (χ1) is 12.4. The van der Waals surface area contributed by atoms with Gasteiger partial charge in [0.1, 0.15) is 5.75 Å². The molecule has 0 fully saturated rings. The zero-order valence-electron chi connectivity index (χ0n) is 15.1. The van der Waals surface area contributed by atoms with Gasteiger partial charge in [0.05, 0.1) is 16.3 Å². The predicted octanol–water partition coefficient (Wildman–Crippen LogP) is 4.13. The predicted molar refractivity (Wildman–Crippen MR) is 104 cm³/mol. The van der Waals surface area contributed by atoms with E-state index in [0.29, 0.717) is 34.5 Å². The van der Waals surface area contributed by atoms with E-state index < -0.39 is 6.10 Å². The molecule has 2 amide bonds. The van der Waals surface area contributed by atoms with Crippen LogP contribution < -0.4 is 15.4 Å². The van der Waals surface area contributed by atoms with Crippen molar-refractivity contribution in [2.45, 2.75) is 26.9 Å². The maximum absolute atomic E-state index is 12.5. The van der Waals surface area contributed by atoms with Crippen molar-refractivity contribution in [3.05, 3.63) is 59.1 Å². The van der Waals surface area contributed by atoms with Gasteiger partial charge in [-0.1, -0.05) is 49.7 Å². The summed E-state index contributed by atoms with van der Waals surface area (Å²) >= 11 is 6.05. The summed E-state index contributed by atoms with van der Waals surface area (Å²) in [6, 6.07) is 13.8. The summed E-state index contributed by atoms with van der Waals surface area (Å²) in [6.07, 6.45) is -0.776. The van der Waals surface area contributed by atoms with Gasteiger partial charge in [0, 0.05) is 6.54 Å². The molecule has 6 heteroatoms. The SMILES string of the molecule is CC(C)CNC(=O)c1ccccc1NC(=O)C(C)Oc1ccccc1Cl.